The summed E-state index contributed by atoms with van der Waals surface area (Å²) in [4.78, 5) is 2.35. The number of likely N-dealkylation sites (tertiary alicyclic amines) is 1. The third kappa shape index (κ3) is 4.71. The van der Waals surface area contributed by atoms with Crippen LogP contribution >= 0.6 is 0 Å². The van der Waals surface area contributed by atoms with Crippen LogP contribution in [-0.2, 0) is 6.54 Å². The first kappa shape index (κ1) is 15.2. The van der Waals surface area contributed by atoms with Crippen LogP contribution in [0.4, 0.5) is 13.2 Å². The summed E-state index contributed by atoms with van der Waals surface area (Å²) in [6.07, 6.45) is -0.960. The summed E-state index contributed by atoms with van der Waals surface area (Å²) >= 11 is 0. The molecule has 20 heavy (non-hydrogen) atoms. The van der Waals surface area contributed by atoms with Crippen LogP contribution in [0.15, 0.2) is 24.3 Å². The van der Waals surface area contributed by atoms with Crippen LogP contribution in [0, 0.1) is 5.92 Å². The molecule has 0 aromatic heterocycles. The second kappa shape index (κ2) is 6.48. The van der Waals surface area contributed by atoms with Crippen LogP contribution in [-0.4, -0.2) is 24.4 Å². The van der Waals surface area contributed by atoms with Gasteiger partial charge in [-0.1, -0.05) is 25.5 Å². The third-order valence-corrected chi connectivity index (χ3v) is 3.85. The van der Waals surface area contributed by atoms with Gasteiger partial charge in [-0.2, -0.15) is 0 Å². The molecule has 1 fully saturated rings. The van der Waals surface area contributed by atoms with E-state index in [1.54, 1.807) is 12.1 Å². The largest absolute Gasteiger partial charge is 0.573 e. The smallest absolute Gasteiger partial charge is 0.406 e. The number of alkyl halides is 3. The van der Waals surface area contributed by atoms with E-state index in [0.717, 1.165) is 31.1 Å². The second-order valence-corrected chi connectivity index (χ2v) is 5.32. The molecule has 1 aromatic carbocycles. The maximum Gasteiger partial charge on any atom is 0.573 e. The monoisotopic (exact) mass is 287 g/mol. The number of hydrogen-bond acceptors (Lipinski definition) is 2. The zero-order valence-electron chi connectivity index (χ0n) is 11.6. The number of hydrogen-bond donors (Lipinski definition) is 0. The first-order valence-electron chi connectivity index (χ1n) is 7.03. The fraction of sp³-hybridized carbons (Fsp3) is 0.600. The van der Waals surface area contributed by atoms with E-state index < -0.39 is 6.36 Å². The molecule has 5 heteroatoms. The Hall–Kier alpha value is -1.23. The van der Waals surface area contributed by atoms with Crippen LogP contribution in [0.1, 0.15) is 31.7 Å². The Labute approximate surface area is 117 Å². The Morgan fingerprint density at radius 1 is 1.15 bits per heavy atom. The molecule has 0 amide bonds. The Bertz CT molecular complexity index is 408. The standard InChI is InChI=1S/C15H20F3NO/c1-2-12-7-9-19(10-8-12)11-13-3-5-14(6-4-13)20-15(16,17)18/h3-6,12H,2,7-11H2,1H3. The van der Waals surface area contributed by atoms with E-state index in [1.807, 2.05) is 0 Å². The lowest BCUT2D eigenvalue weighted by Crippen LogP contribution is -2.32. The lowest BCUT2D eigenvalue weighted by Gasteiger charge is -2.31. The first-order chi connectivity index (χ1) is 9.46. The molecular formula is C15H20F3NO. The minimum Gasteiger partial charge on any atom is -0.406 e. The molecule has 0 atom stereocenters. The lowest BCUT2D eigenvalue weighted by atomic mass is 9.94. The highest BCUT2D eigenvalue weighted by molar-refractivity contribution is 5.27. The highest BCUT2D eigenvalue weighted by Crippen LogP contribution is 2.24. The molecule has 1 aliphatic rings. The number of halogens is 3. The van der Waals surface area contributed by atoms with Crippen LogP contribution in [0.25, 0.3) is 0 Å². The predicted molar refractivity (Wildman–Crippen MR) is 71.4 cm³/mol. The number of nitrogens with zero attached hydrogens (tertiary/aromatic N) is 1. The van der Waals surface area contributed by atoms with Gasteiger partial charge in [0, 0.05) is 6.54 Å². The summed E-state index contributed by atoms with van der Waals surface area (Å²) in [6.45, 7) is 5.15. The van der Waals surface area contributed by atoms with Crippen molar-refractivity contribution in [1.29, 1.82) is 0 Å². The minimum atomic E-state index is -4.62. The van der Waals surface area contributed by atoms with Gasteiger partial charge in [0.05, 0.1) is 0 Å². The van der Waals surface area contributed by atoms with E-state index in [0.29, 0.717) is 0 Å². The van der Waals surface area contributed by atoms with E-state index in [-0.39, 0.29) is 5.75 Å². The Morgan fingerprint density at radius 2 is 1.75 bits per heavy atom. The van der Waals surface area contributed by atoms with Crippen LogP contribution in [0.3, 0.4) is 0 Å². The van der Waals surface area contributed by atoms with Gasteiger partial charge in [0.25, 0.3) is 0 Å². The van der Waals surface area contributed by atoms with E-state index in [4.69, 9.17) is 0 Å². The quantitative estimate of drug-likeness (QED) is 0.822. The molecule has 2 nitrogen and oxygen atoms in total. The van der Waals surface area contributed by atoms with Crippen molar-refractivity contribution in [1.82, 2.24) is 4.90 Å². The SMILES string of the molecule is CCC1CCN(Cc2ccc(OC(F)(F)F)cc2)CC1. The molecule has 0 saturated carbocycles. The molecule has 0 bridgehead atoms. The molecule has 0 N–H and O–H groups in total. The minimum absolute atomic E-state index is 0.161. The van der Waals surface area contributed by atoms with Crippen molar-refractivity contribution in [2.75, 3.05) is 13.1 Å². The summed E-state index contributed by atoms with van der Waals surface area (Å²) in [6, 6.07) is 6.16. The lowest BCUT2D eigenvalue weighted by molar-refractivity contribution is -0.274. The molecule has 112 valence electrons. The molecule has 1 aliphatic heterocycles. The Balaban J connectivity index is 1.85. The van der Waals surface area contributed by atoms with Crippen LogP contribution in [0.5, 0.6) is 5.75 Å². The maximum absolute atomic E-state index is 12.1. The van der Waals surface area contributed by atoms with Crippen molar-refractivity contribution < 1.29 is 17.9 Å². The fourth-order valence-corrected chi connectivity index (χ4v) is 2.61. The van der Waals surface area contributed by atoms with E-state index in [9.17, 15) is 13.2 Å². The van der Waals surface area contributed by atoms with E-state index in [2.05, 4.69) is 16.6 Å². The zero-order chi connectivity index (χ0) is 14.6. The molecule has 0 radical (unpaired) electrons. The fourth-order valence-electron chi connectivity index (χ4n) is 2.61. The summed E-state index contributed by atoms with van der Waals surface area (Å²) in [7, 11) is 0. The second-order valence-electron chi connectivity index (χ2n) is 5.32. The van der Waals surface area contributed by atoms with Gasteiger partial charge in [0.1, 0.15) is 5.75 Å². The number of rotatable bonds is 4. The predicted octanol–water partition coefficient (Wildman–Crippen LogP) is 4.21. The molecule has 0 unspecified atom stereocenters. The van der Waals surface area contributed by atoms with Crippen molar-refractivity contribution in [3.8, 4) is 5.75 Å². The van der Waals surface area contributed by atoms with Gasteiger partial charge in [0.15, 0.2) is 0 Å². The molecule has 1 aromatic rings. The summed E-state index contributed by atoms with van der Waals surface area (Å²) in [5.41, 5.74) is 1.02. The summed E-state index contributed by atoms with van der Waals surface area (Å²) in [5.74, 6) is 0.666. The molecule has 0 spiro atoms. The van der Waals surface area contributed by atoms with Crippen molar-refractivity contribution in [2.24, 2.45) is 5.92 Å². The highest BCUT2D eigenvalue weighted by atomic mass is 19.4. The van der Waals surface area contributed by atoms with Crippen LogP contribution < -0.4 is 4.74 Å². The van der Waals surface area contributed by atoms with Crippen molar-refractivity contribution >= 4 is 0 Å². The van der Waals surface area contributed by atoms with Gasteiger partial charge in [-0.05, 0) is 49.5 Å². The average molecular weight is 287 g/mol. The maximum atomic E-state index is 12.1. The normalized spacial score (nSPS) is 18.2. The highest BCUT2D eigenvalue weighted by Gasteiger charge is 2.31. The zero-order valence-corrected chi connectivity index (χ0v) is 11.6. The summed E-state index contributed by atoms with van der Waals surface area (Å²) < 4.78 is 40.0. The topological polar surface area (TPSA) is 12.5 Å². The molecule has 0 aliphatic carbocycles. The van der Waals surface area contributed by atoms with Crippen molar-refractivity contribution in [2.45, 2.75) is 39.1 Å². The van der Waals surface area contributed by atoms with Gasteiger partial charge in [-0.25, -0.2) is 0 Å². The Morgan fingerprint density at radius 3 is 2.25 bits per heavy atom. The molecular weight excluding hydrogens is 267 g/mol. The Kier molecular flexibility index (Phi) is 4.91. The van der Waals surface area contributed by atoms with E-state index in [1.165, 1.54) is 31.4 Å². The van der Waals surface area contributed by atoms with Gasteiger partial charge < -0.3 is 4.74 Å². The van der Waals surface area contributed by atoms with Gasteiger partial charge in [-0.15, -0.1) is 13.2 Å². The van der Waals surface area contributed by atoms with Gasteiger partial charge >= 0.3 is 6.36 Å². The summed E-state index contributed by atoms with van der Waals surface area (Å²) in [5, 5.41) is 0. The number of piperidine rings is 1. The van der Waals surface area contributed by atoms with Gasteiger partial charge in [-0.3, -0.25) is 4.90 Å². The molecule has 1 heterocycles. The van der Waals surface area contributed by atoms with Gasteiger partial charge in [0.2, 0.25) is 0 Å². The van der Waals surface area contributed by atoms with E-state index >= 15 is 0 Å². The first-order valence-corrected chi connectivity index (χ1v) is 7.03. The molecule has 2 rings (SSSR count). The van der Waals surface area contributed by atoms with Crippen molar-refractivity contribution in [3.05, 3.63) is 29.8 Å². The number of ether oxygens (including phenoxy) is 1. The molecule has 1 saturated heterocycles. The van der Waals surface area contributed by atoms with Crippen LogP contribution in [0.2, 0.25) is 0 Å². The van der Waals surface area contributed by atoms with Crippen molar-refractivity contribution in [3.63, 3.8) is 0 Å². The average Bonchev–Trinajstić information content (AvgIpc) is 2.40. The number of benzene rings is 1. The third-order valence-electron chi connectivity index (χ3n) is 3.85.